The fraction of sp³-hybridized carbons (Fsp3) is 0.706. The van der Waals surface area contributed by atoms with E-state index in [0.717, 1.165) is 24.4 Å². The van der Waals surface area contributed by atoms with E-state index < -0.39 is 0 Å². The van der Waals surface area contributed by atoms with E-state index in [1.54, 1.807) is 6.26 Å². The van der Waals surface area contributed by atoms with Gasteiger partial charge < -0.3 is 14.6 Å². The third-order valence-electron chi connectivity index (χ3n) is 4.13. The lowest BCUT2D eigenvalue weighted by atomic mass is 9.94. The molecule has 1 aliphatic rings. The molecule has 1 fully saturated rings. The smallest absolute Gasteiger partial charge is 0.287 e. The van der Waals surface area contributed by atoms with Gasteiger partial charge in [-0.05, 0) is 50.6 Å². The van der Waals surface area contributed by atoms with Crippen LogP contribution in [0.15, 0.2) is 16.7 Å². The van der Waals surface area contributed by atoms with E-state index in [-0.39, 0.29) is 5.91 Å². The van der Waals surface area contributed by atoms with Crippen LogP contribution in [0.3, 0.4) is 0 Å². The van der Waals surface area contributed by atoms with Gasteiger partial charge in [0.25, 0.3) is 5.91 Å². The second kappa shape index (κ2) is 7.64. The predicted octanol–water partition coefficient (Wildman–Crippen LogP) is 3.08. The molecule has 4 nitrogen and oxygen atoms in total. The number of rotatable bonds is 6. The Morgan fingerprint density at radius 2 is 2.33 bits per heavy atom. The summed E-state index contributed by atoms with van der Waals surface area (Å²) in [6.45, 7) is 10.8. The lowest BCUT2D eigenvalue weighted by Crippen LogP contribution is -2.39. The maximum atomic E-state index is 12.0. The number of nitrogens with one attached hydrogen (secondary N) is 1. The van der Waals surface area contributed by atoms with Gasteiger partial charge in [-0.3, -0.25) is 4.79 Å². The van der Waals surface area contributed by atoms with E-state index >= 15 is 0 Å². The lowest BCUT2D eigenvalue weighted by Gasteiger charge is -2.33. The van der Waals surface area contributed by atoms with Gasteiger partial charge in [-0.1, -0.05) is 13.8 Å². The summed E-state index contributed by atoms with van der Waals surface area (Å²) in [7, 11) is 0. The number of hydrogen-bond donors (Lipinski definition) is 1. The third-order valence-corrected chi connectivity index (χ3v) is 4.13. The van der Waals surface area contributed by atoms with Crippen molar-refractivity contribution in [2.24, 2.45) is 11.8 Å². The number of furan rings is 1. The molecule has 0 bridgehead atoms. The average molecular weight is 292 g/mol. The third kappa shape index (κ3) is 4.88. The molecule has 4 heteroatoms. The van der Waals surface area contributed by atoms with Gasteiger partial charge in [-0.2, -0.15) is 0 Å². The molecule has 1 amide bonds. The highest BCUT2D eigenvalue weighted by molar-refractivity contribution is 5.92. The summed E-state index contributed by atoms with van der Waals surface area (Å²) < 4.78 is 5.21. The fourth-order valence-electron chi connectivity index (χ4n) is 3.14. The summed E-state index contributed by atoms with van der Waals surface area (Å²) in [5.41, 5.74) is 0.897. The number of carbonyl (C=O) groups excluding carboxylic acids is 1. The summed E-state index contributed by atoms with van der Waals surface area (Å²) in [6, 6.07) is 1.82. The molecule has 1 aliphatic heterocycles. The standard InChI is InChI=1S/C17H28N2O2/c1-13(2)11-19-9-4-5-15(12-19)6-8-18-17(20)16-14(3)7-10-21-16/h7,10,13,15H,4-6,8-9,11-12H2,1-3H3,(H,18,20). The number of hydrogen-bond acceptors (Lipinski definition) is 3. The SMILES string of the molecule is Cc1ccoc1C(=O)NCCC1CCCN(CC(C)C)C1. The molecule has 1 unspecified atom stereocenters. The Hall–Kier alpha value is -1.29. The monoisotopic (exact) mass is 292 g/mol. The zero-order valence-electron chi connectivity index (χ0n) is 13.5. The van der Waals surface area contributed by atoms with Crippen molar-refractivity contribution in [3.05, 3.63) is 23.7 Å². The van der Waals surface area contributed by atoms with Gasteiger partial charge >= 0.3 is 0 Å². The summed E-state index contributed by atoms with van der Waals surface area (Å²) in [5, 5.41) is 2.98. The Kier molecular flexibility index (Phi) is 5.85. The van der Waals surface area contributed by atoms with Gasteiger partial charge in [-0.25, -0.2) is 0 Å². The summed E-state index contributed by atoms with van der Waals surface area (Å²) in [6.07, 6.45) is 5.18. The van der Waals surface area contributed by atoms with Crippen molar-refractivity contribution >= 4 is 5.91 Å². The molecule has 2 rings (SSSR count). The van der Waals surface area contributed by atoms with Crippen molar-refractivity contribution in [2.75, 3.05) is 26.2 Å². The average Bonchev–Trinajstić information content (AvgIpc) is 2.84. The number of amides is 1. The quantitative estimate of drug-likeness (QED) is 0.876. The molecule has 0 aliphatic carbocycles. The van der Waals surface area contributed by atoms with Gasteiger partial charge in [0.2, 0.25) is 0 Å². The van der Waals surface area contributed by atoms with Crippen LogP contribution >= 0.6 is 0 Å². The maximum Gasteiger partial charge on any atom is 0.287 e. The molecular formula is C17H28N2O2. The van der Waals surface area contributed by atoms with E-state index in [1.807, 2.05) is 13.0 Å². The minimum atomic E-state index is -0.0904. The van der Waals surface area contributed by atoms with Gasteiger partial charge in [0.05, 0.1) is 6.26 Å². The molecule has 1 atom stereocenters. The van der Waals surface area contributed by atoms with Crippen molar-refractivity contribution in [2.45, 2.75) is 40.0 Å². The van der Waals surface area contributed by atoms with E-state index in [0.29, 0.717) is 11.7 Å². The summed E-state index contributed by atoms with van der Waals surface area (Å²) >= 11 is 0. The van der Waals surface area contributed by atoms with Crippen molar-refractivity contribution in [1.82, 2.24) is 10.2 Å². The molecule has 0 spiro atoms. The lowest BCUT2D eigenvalue weighted by molar-refractivity contribution is 0.0917. The molecule has 2 heterocycles. The van der Waals surface area contributed by atoms with E-state index in [9.17, 15) is 4.79 Å². The molecule has 1 N–H and O–H groups in total. The van der Waals surface area contributed by atoms with Crippen LogP contribution in [0.1, 0.15) is 49.2 Å². The van der Waals surface area contributed by atoms with Crippen molar-refractivity contribution < 1.29 is 9.21 Å². The molecular weight excluding hydrogens is 264 g/mol. The molecule has 1 aromatic rings. The van der Waals surface area contributed by atoms with E-state index in [1.165, 1.54) is 32.5 Å². The summed E-state index contributed by atoms with van der Waals surface area (Å²) in [5.74, 6) is 1.79. The van der Waals surface area contributed by atoms with E-state index in [2.05, 4.69) is 24.1 Å². The molecule has 0 aromatic carbocycles. The minimum absolute atomic E-state index is 0.0904. The number of likely N-dealkylation sites (tertiary alicyclic amines) is 1. The Morgan fingerprint density at radius 3 is 3.00 bits per heavy atom. The molecule has 1 aromatic heterocycles. The van der Waals surface area contributed by atoms with Crippen molar-refractivity contribution in [1.29, 1.82) is 0 Å². The van der Waals surface area contributed by atoms with Crippen LogP contribution in [0.2, 0.25) is 0 Å². The minimum Gasteiger partial charge on any atom is -0.459 e. The first kappa shape index (κ1) is 16.1. The number of piperidine rings is 1. The Balaban J connectivity index is 1.71. The number of carbonyl (C=O) groups is 1. The van der Waals surface area contributed by atoms with Crippen LogP contribution < -0.4 is 5.32 Å². The largest absolute Gasteiger partial charge is 0.459 e. The molecule has 0 saturated carbocycles. The second-order valence-corrected chi connectivity index (χ2v) is 6.64. The molecule has 118 valence electrons. The molecule has 1 saturated heterocycles. The van der Waals surface area contributed by atoms with Gasteiger partial charge in [0.1, 0.15) is 0 Å². The Labute approximate surface area is 127 Å². The molecule has 0 radical (unpaired) electrons. The van der Waals surface area contributed by atoms with Crippen molar-refractivity contribution in [3.8, 4) is 0 Å². The van der Waals surface area contributed by atoms with Gasteiger partial charge in [0.15, 0.2) is 5.76 Å². The van der Waals surface area contributed by atoms with Gasteiger partial charge in [0, 0.05) is 25.2 Å². The Bertz CT molecular complexity index is 453. The zero-order chi connectivity index (χ0) is 15.2. The number of nitrogens with zero attached hydrogens (tertiary/aromatic N) is 1. The topological polar surface area (TPSA) is 45.5 Å². The van der Waals surface area contributed by atoms with Crippen LogP contribution in [-0.4, -0.2) is 37.0 Å². The van der Waals surface area contributed by atoms with Crippen molar-refractivity contribution in [3.63, 3.8) is 0 Å². The van der Waals surface area contributed by atoms with Crippen LogP contribution in [-0.2, 0) is 0 Å². The number of aryl methyl sites for hydroxylation is 1. The van der Waals surface area contributed by atoms with Gasteiger partial charge in [-0.15, -0.1) is 0 Å². The second-order valence-electron chi connectivity index (χ2n) is 6.64. The van der Waals surface area contributed by atoms with Crippen LogP contribution in [0.4, 0.5) is 0 Å². The Morgan fingerprint density at radius 1 is 1.52 bits per heavy atom. The van der Waals surface area contributed by atoms with Crippen LogP contribution in [0, 0.1) is 18.8 Å². The first-order valence-electron chi connectivity index (χ1n) is 8.11. The fourth-order valence-corrected chi connectivity index (χ4v) is 3.14. The van der Waals surface area contributed by atoms with E-state index in [4.69, 9.17) is 4.42 Å². The highest BCUT2D eigenvalue weighted by Crippen LogP contribution is 2.20. The highest BCUT2D eigenvalue weighted by Gasteiger charge is 2.20. The molecule has 21 heavy (non-hydrogen) atoms. The first-order chi connectivity index (χ1) is 10.1. The zero-order valence-corrected chi connectivity index (χ0v) is 13.5. The van der Waals surface area contributed by atoms with Crippen LogP contribution in [0.25, 0.3) is 0 Å². The predicted molar refractivity (Wildman–Crippen MR) is 84.4 cm³/mol. The normalized spacial score (nSPS) is 19.9. The summed E-state index contributed by atoms with van der Waals surface area (Å²) in [4.78, 5) is 14.5. The van der Waals surface area contributed by atoms with Crippen LogP contribution in [0.5, 0.6) is 0 Å². The highest BCUT2D eigenvalue weighted by atomic mass is 16.3. The first-order valence-corrected chi connectivity index (χ1v) is 8.11. The maximum absolute atomic E-state index is 12.0.